The highest BCUT2D eigenvalue weighted by Crippen LogP contribution is 2.33. The molecule has 2 rings (SSSR count). The Bertz CT molecular complexity index is 921. The van der Waals surface area contributed by atoms with Crippen molar-refractivity contribution in [3.63, 3.8) is 0 Å². The number of amides is 1. The van der Waals surface area contributed by atoms with Crippen LogP contribution in [0.15, 0.2) is 58.5 Å². The Balaban J connectivity index is 2.33. The monoisotopic (exact) mass is 484 g/mol. The van der Waals surface area contributed by atoms with Gasteiger partial charge in [0.2, 0.25) is 5.91 Å². The van der Waals surface area contributed by atoms with E-state index in [9.17, 15) is 14.1 Å². The lowest BCUT2D eigenvalue weighted by molar-refractivity contribution is -0.124. The fraction of sp³-hybridized carbons (Fsp3) is 0.571. The third kappa shape index (κ3) is 8.11. The van der Waals surface area contributed by atoms with Gasteiger partial charge in [0.05, 0.1) is 24.0 Å². The number of halogens is 1. The van der Waals surface area contributed by atoms with Crippen molar-refractivity contribution in [2.45, 2.75) is 79.2 Å². The van der Waals surface area contributed by atoms with Crippen LogP contribution in [0.3, 0.4) is 0 Å². The third-order valence-electron chi connectivity index (χ3n) is 6.39. The second-order valence-electron chi connectivity index (χ2n) is 9.89. The van der Waals surface area contributed by atoms with Crippen LogP contribution in [0, 0.1) is 22.1 Å². The molecule has 1 N–H and O–H groups in total. The quantitative estimate of drug-likeness (QED) is 0.184. The van der Waals surface area contributed by atoms with Crippen molar-refractivity contribution in [3.8, 4) is 0 Å². The largest absolute Gasteiger partial charge is 0.355 e. The third-order valence-corrected chi connectivity index (χ3v) is 6.39. The standard InChI is InChI=1S/C28H41FN4O2/c1-6-9-12-23(8-3)33-24(13-10-7-2)25(26(32-33)21-14-16-22(29)17-15-21)27(34)30-19-11-18-28(4,5)20-31-35/h8-9,12,14-17,24-25H,6-7,10-11,13,18-20H2,1-5H3,(H,30,34)/b12-9-,23-8+. The molecule has 0 bridgehead atoms. The minimum atomic E-state index is -0.471. The molecule has 1 aliphatic rings. The van der Waals surface area contributed by atoms with Crippen LogP contribution < -0.4 is 5.32 Å². The predicted octanol–water partition coefficient (Wildman–Crippen LogP) is 6.58. The maximum Gasteiger partial charge on any atom is 0.231 e. The van der Waals surface area contributed by atoms with Crippen LogP contribution in [0.1, 0.15) is 78.7 Å². The summed E-state index contributed by atoms with van der Waals surface area (Å²) in [5, 5.41) is 13.1. The van der Waals surface area contributed by atoms with E-state index in [0.717, 1.165) is 49.8 Å². The van der Waals surface area contributed by atoms with Crippen LogP contribution in [0.25, 0.3) is 0 Å². The Hall–Kier alpha value is -2.83. The lowest BCUT2D eigenvalue weighted by Crippen LogP contribution is -2.43. The fourth-order valence-corrected chi connectivity index (χ4v) is 4.37. The molecule has 0 fully saturated rings. The van der Waals surface area contributed by atoms with Crippen molar-refractivity contribution < 1.29 is 9.18 Å². The molecule has 2 unspecified atom stereocenters. The number of hydrogen-bond donors (Lipinski definition) is 1. The van der Waals surface area contributed by atoms with Gasteiger partial charge in [0.25, 0.3) is 0 Å². The molecule has 0 saturated heterocycles. The highest BCUT2D eigenvalue weighted by Gasteiger charge is 2.42. The summed E-state index contributed by atoms with van der Waals surface area (Å²) in [6.45, 7) is 11.0. The second kappa shape index (κ2) is 13.9. The molecule has 1 heterocycles. The summed E-state index contributed by atoms with van der Waals surface area (Å²) in [6, 6.07) is 6.08. The Labute approximate surface area is 209 Å². The van der Waals surface area contributed by atoms with Crippen LogP contribution in [-0.2, 0) is 4.79 Å². The molecule has 1 aliphatic heterocycles. The molecule has 1 amide bonds. The summed E-state index contributed by atoms with van der Waals surface area (Å²) in [7, 11) is 0. The van der Waals surface area contributed by atoms with Gasteiger partial charge in [-0.2, -0.15) is 10.0 Å². The average Bonchev–Trinajstić information content (AvgIpc) is 3.20. The van der Waals surface area contributed by atoms with Gasteiger partial charge in [-0.05, 0) is 61.8 Å². The van der Waals surface area contributed by atoms with Crippen molar-refractivity contribution in [2.24, 2.45) is 21.6 Å². The fourth-order valence-electron chi connectivity index (χ4n) is 4.37. The molecule has 1 aromatic rings. The van der Waals surface area contributed by atoms with Crippen molar-refractivity contribution in [3.05, 3.63) is 64.5 Å². The van der Waals surface area contributed by atoms with E-state index in [4.69, 9.17) is 5.10 Å². The van der Waals surface area contributed by atoms with Gasteiger partial charge >= 0.3 is 0 Å². The summed E-state index contributed by atoms with van der Waals surface area (Å²) < 4.78 is 13.7. The summed E-state index contributed by atoms with van der Waals surface area (Å²) in [4.78, 5) is 24.2. The number of benzene rings is 1. The molecule has 192 valence electrons. The number of carbonyl (C=O) groups is 1. The first-order valence-corrected chi connectivity index (χ1v) is 12.8. The minimum Gasteiger partial charge on any atom is -0.355 e. The SMILES string of the molecule is C/C=C(\C=C/CC)N1N=C(c2ccc(F)cc2)C(C(=O)NCCCC(C)(C)CN=O)C1CCCC. The normalized spacial score (nSPS) is 18.7. The van der Waals surface area contributed by atoms with Gasteiger partial charge in [0, 0.05) is 6.54 Å². The second-order valence-corrected chi connectivity index (χ2v) is 9.89. The first-order chi connectivity index (χ1) is 16.8. The molecule has 2 atom stereocenters. The van der Waals surface area contributed by atoms with Gasteiger partial charge in [0.15, 0.2) is 0 Å². The molecule has 0 aromatic heterocycles. The highest BCUT2D eigenvalue weighted by molar-refractivity contribution is 6.14. The minimum absolute atomic E-state index is 0.0714. The molecule has 6 nitrogen and oxygen atoms in total. The number of nitrogens with one attached hydrogen (secondary N) is 1. The lowest BCUT2D eigenvalue weighted by Gasteiger charge is -2.28. The zero-order valence-corrected chi connectivity index (χ0v) is 21.9. The maximum absolute atomic E-state index is 13.7. The van der Waals surface area contributed by atoms with Gasteiger partial charge in [-0.3, -0.25) is 9.80 Å². The Morgan fingerprint density at radius 2 is 1.94 bits per heavy atom. The Kier molecular flexibility index (Phi) is 11.3. The summed E-state index contributed by atoms with van der Waals surface area (Å²) in [5.41, 5.74) is 2.18. The van der Waals surface area contributed by atoms with Gasteiger partial charge in [-0.15, -0.1) is 0 Å². The zero-order chi connectivity index (χ0) is 25.8. The summed E-state index contributed by atoms with van der Waals surface area (Å²) >= 11 is 0. The zero-order valence-electron chi connectivity index (χ0n) is 21.9. The van der Waals surface area contributed by atoms with Gasteiger partial charge in [-0.25, -0.2) is 4.39 Å². The molecule has 1 aromatic carbocycles. The smallest absolute Gasteiger partial charge is 0.231 e. The van der Waals surface area contributed by atoms with Crippen molar-refractivity contribution in [2.75, 3.05) is 13.1 Å². The van der Waals surface area contributed by atoms with Crippen molar-refractivity contribution in [1.29, 1.82) is 0 Å². The van der Waals surface area contributed by atoms with Gasteiger partial charge in [0.1, 0.15) is 11.7 Å². The Morgan fingerprint density at radius 1 is 1.23 bits per heavy atom. The molecule has 0 saturated carbocycles. The van der Waals surface area contributed by atoms with E-state index in [1.54, 1.807) is 12.1 Å². The number of allylic oxidation sites excluding steroid dienone is 3. The van der Waals surface area contributed by atoms with E-state index in [-0.39, 0.29) is 29.7 Å². The Morgan fingerprint density at radius 3 is 2.54 bits per heavy atom. The van der Waals surface area contributed by atoms with Crippen molar-refractivity contribution in [1.82, 2.24) is 10.3 Å². The van der Waals surface area contributed by atoms with E-state index < -0.39 is 5.92 Å². The number of nitrogens with zero attached hydrogens (tertiary/aromatic N) is 3. The molecule has 0 aliphatic carbocycles. The van der Waals surface area contributed by atoms with E-state index >= 15 is 0 Å². The molecule has 7 heteroatoms. The number of unbranched alkanes of at least 4 members (excludes halogenated alkanes) is 1. The van der Waals surface area contributed by atoms with E-state index in [0.29, 0.717) is 12.3 Å². The van der Waals surface area contributed by atoms with Gasteiger partial charge in [-0.1, -0.05) is 70.0 Å². The molecule has 0 radical (unpaired) electrons. The molecule has 0 spiro atoms. The van der Waals surface area contributed by atoms with Crippen molar-refractivity contribution >= 4 is 11.6 Å². The number of hydrogen-bond acceptors (Lipinski definition) is 5. The van der Waals surface area contributed by atoms with E-state index in [2.05, 4.69) is 30.4 Å². The maximum atomic E-state index is 13.7. The van der Waals surface area contributed by atoms with Crippen LogP contribution in [0.4, 0.5) is 4.39 Å². The summed E-state index contributed by atoms with van der Waals surface area (Å²) in [6.07, 6.45) is 11.4. The van der Waals surface area contributed by atoms with E-state index in [1.807, 2.05) is 37.9 Å². The van der Waals surface area contributed by atoms with Crippen LogP contribution in [0.5, 0.6) is 0 Å². The topological polar surface area (TPSA) is 74.1 Å². The number of rotatable bonds is 14. The number of carbonyl (C=O) groups excluding carboxylic acids is 1. The number of nitroso groups, excluding NO2 is 1. The molecular formula is C28H41FN4O2. The van der Waals surface area contributed by atoms with Crippen LogP contribution in [0.2, 0.25) is 0 Å². The first-order valence-electron chi connectivity index (χ1n) is 12.8. The van der Waals surface area contributed by atoms with Gasteiger partial charge < -0.3 is 5.32 Å². The van der Waals surface area contributed by atoms with E-state index in [1.165, 1.54) is 12.1 Å². The molecular weight excluding hydrogens is 443 g/mol. The summed E-state index contributed by atoms with van der Waals surface area (Å²) in [5.74, 6) is -0.861. The predicted molar refractivity (Wildman–Crippen MR) is 141 cm³/mol. The lowest BCUT2D eigenvalue weighted by atomic mass is 9.86. The number of hydrazone groups is 1. The molecule has 35 heavy (non-hydrogen) atoms. The average molecular weight is 485 g/mol. The highest BCUT2D eigenvalue weighted by atomic mass is 19.1. The van der Waals surface area contributed by atoms with Crippen LogP contribution in [-0.4, -0.2) is 35.8 Å². The van der Waals surface area contributed by atoms with Crippen LogP contribution >= 0.6 is 0 Å². The first kappa shape index (κ1) is 28.4.